The molecule has 20 heavy (non-hydrogen) atoms. The van der Waals surface area contributed by atoms with Crippen LogP contribution in [0.15, 0.2) is 36.4 Å². The SMILES string of the molecule is N#Cc1cc(Nc2ccc3c(c2)OCCO3)ccc1N. The summed E-state index contributed by atoms with van der Waals surface area (Å²) in [6.07, 6.45) is 0. The van der Waals surface area contributed by atoms with E-state index in [0.717, 1.165) is 22.9 Å². The lowest BCUT2D eigenvalue weighted by atomic mass is 10.1. The Kier molecular flexibility index (Phi) is 3.05. The van der Waals surface area contributed by atoms with E-state index in [9.17, 15) is 0 Å². The number of rotatable bonds is 2. The predicted molar refractivity (Wildman–Crippen MR) is 76.3 cm³/mol. The van der Waals surface area contributed by atoms with Gasteiger partial charge in [0, 0.05) is 23.1 Å². The minimum atomic E-state index is 0.451. The number of fused-ring (bicyclic) bond motifs is 1. The van der Waals surface area contributed by atoms with Crippen LogP contribution in [-0.4, -0.2) is 13.2 Å². The lowest BCUT2D eigenvalue weighted by Crippen LogP contribution is -2.15. The van der Waals surface area contributed by atoms with E-state index in [0.29, 0.717) is 24.5 Å². The molecule has 3 rings (SSSR count). The first-order chi connectivity index (χ1) is 9.76. The topological polar surface area (TPSA) is 80.3 Å². The van der Waals surface area contributed by atoms with Crippen molar-refractivity contribution < 1.29 is 9.47 Å². The fourth-order valence-electron chi connectivity index (χ4n) is 2.02. The molecule has 0 bridgehead atoms. The molecule has 0 aliphatic carbocycles. The summed E-state index contributed by atoms with van der Waals surface area (Å²) in [4.78, 5) is 0. The third-order valence-electron chi connectivity index (χ3n) is 3.00. The van der Waals surface area contributed by atoms with Crippen molar-refractivity contribution in [2.45, 2.75) is 0 Å². The molecule has 0 fully saturated rings. The van der Waals surface area contributed by atoms with Crippen molar-refractivity contribution in [3.05, 3.63) is 42.0 Å². The summed E-state index contributed by atoms with van der Waals surface area (Å²) < 4.78 is 11.0. The van der Waals surface area contributed by atoms with Crippen molar-refractivity contribution in [3.8, 4) is 17.6 Å². The van der Waals surface area contributed by atoms with Crippen LogP contribution in [0.25, 0.3) is 0 Å². The van der Waals surface area contributed by atoms with Crippen LogP contribution in [0.1, 0.15) is 5.56 Å². The Bertz CT molecular complexity index is 692. The lowest BCUT2D eigenvalue weighted by molar-refractivity contribution is 0.171. The molecule has 0 unspecified atom stereocenters. The first-order valence-electron chi connectivity index (χ1n) is 6.22. The van der Waals surface area contributed by atoms with Crippen LogP contribution in [0, 0.1) is 11.3 Å². The Labute approximate surface area is 116 Å². The fraction of sp³-hybridized carbons (Fsp3) is 0.133. The Balaban J connectivity index is 1.86. The Morgan fingerprint density at radius 2 is 1.70 bits per heavy atom. The number of benzene rings is 2. The van der Waals surface area contributed by atoms with E-state index in [1.54, 1.807) is 12.1 Å². The first-order valence-corrected chi connectivity index (χ1v) is 6.22. The zero-order valence-electron chi connectivity index (χ0n) is 10.7. The van der Waals surface area contributed by atoms with E-state index >= 15 is 0 Å². The van der Waals surface area contributed by atoms with Crippen molar-refractivity contribution in [1.82, 2.24) is 0 Å². The summed E-state index contributed by atoms with van der Waals surface area (Å²) in [7, 11) is 0. The van der Waals surface area contributed by atoms with Gasteiger partial charge in [-0.2, -0.15) is 5.26 Å². The first kappa shape index (κ1) is 12.2. The molecule has 1 heterocycles. The maximum atomic E-state index is 8.97. The van der Waals surface area contributed by atoms with Gasteiger partial charge in [0.05, 0.1) is 5.56 Å². The molecule has 100 valence electrons. The number of hydrogen-bond donors (Lipinski definition) is 2. The molecule has 0 amide bonds. The normalized spacial score (nSPS) is 12.6. The molecule has 3 N–H and O–H groups in total. The van der Waals surface area contributed by atoms with Crippen LogP contribution >= 0.6 is 0 Å². The summed E-state index contributed by atoms with van der Waals surface area (Å²) in [6, 6.07) is 12.9. The summed E-state index contributed by atoms with van der Waals surface area (Å²) in [5.74, 6) is 1.47. The highest BCUT2D eigenvalue weighted by Crippen LogP contribution is 2.33. The van der Waals surface area contributed by atoms with Crippen LogP contribution in [0.4, 0.5) is 17.1 Å². The summed E-state index contributed by atoms with van der Waals surface area (Å²) >= 11 is 0. The molecule has 0 saturated heterocycles. The van der Waals surface area contributed by atoms with Gasteiger partial charge in [-0.15, -0.1) is 0 Å². The van der Waals surface area contributed by atoms with Crippen LogP contribution in [-0.2, 0) is 0 Å². The van der Waals surface area contributed by atoms with Crippen LogP contribution in [0.2, 0.25) is 0 Å². The van der Waals surface area contributed by atoms with E-state index in [4.69, 9.17) is 20.5 Å². The maximum Gasteiger partial charge on any atom is 0.163 e. The molecule has 1 aliphatic rings. The molecule has 5 heteroatoms. The van der Waals surface area contributed by atoms with E-state index in [-0.39, 0.29) is 0 Å². The second kappa shape index (κ2) is 5.02. The summed E-state index contributed by atoms with van der Waals surface area (Å²) in [5, 5.41) is 12.2. The summed E-state index contributed by atoms with van der Waals surface area (Å²) in [5.41, 5.74) is 8.28. The highest BCUT2D eigenvalue weighted by Gasteiger charge is 2.11. The van der Waals surface area contributed by atoms with E-state index in [1.165, 1.54) is 0 Å². The second-order valence-corrected chi connectivity index (χ2v) is 4.40. The average Bonchev–Trinajstić information content (AvgIpc) is 2.49. The van der Waals surface area contributed by atoms with Crippen LogP contribution in [0.5, 0.6) is 11.5 Å². The quantitative estimate of drug-likeness (QED) is 0.818. The number of nitrogens with one attached hydrogen (secondary N) is 1. The molecule has 0 aromatic heterocycles. The minimum absolute atomic E-state index is 0.451. The number of nitrogen functional groups attached to an aromatic ring is 1. The van der Waals surface area contributed by atoms with E-state index < -0.39 is 0 Å². The van der Waals surface area contributed by atoms with Crippen molar-refractivity contribution >= 4 is 17.1 Å². The van der Waals surface area contributed by atoms with Gasteiger partial charge in [0.15, 0.2) is 11.5 Å². The van der Waals surface area contributed by atoms with Crippen molar-refractivity contribution in [2.24, 2.45) is 0 Å². The van der Waals surface area contributed by atoms with E-state index in [2.05, 4.69) is 11.4 Å². The number of anilines is 3. The number of nitrogens with two attached hydrogens (primary N) is 1. The number of nitriles is 1. The van der Waals surface area contributed by atoms with Gasteiger partial charge >= 0.3 is 0 Å². The monoisotopic (exact) mass is 267 g/mol. The molecule has 0 radical (unpaired) electrons. The number of nitrogens with zero attached hydrogens (tertiary/aromatic N) is 1. The number of ether oxygens (including phenoxy) is 2. The van der Waals surface area contributed by atoms with Crippen molar-refractivity contribution in [2.75, 3.05) is 24.3 Å². The van der Waals surface area contributed by atoms with E-state index in [1.807, 2.05) is 24.3 Å². The molecule has 2 aromatic carbocycles. The van der Waals surface area contributed by atoms with Gasteiger partial charge in [0.2, 0.25) is 0 Å². The number of hydrogen-bond acceptors (Lipinski definition) is 5. The van der Waals surface area contributed by atoms with Gasteiger partial charge in [-0.3, -0.25) is 0 Å². The molecular weight excluding hydrogens is 254 g/mol. The van der Waals surface area contributed by atoms with Gasteiger partial charge < -0.3 is 20.5 Å². The smallest absolute Gasteiger partial charge is 0.163 e. The standard InChI is InChI=1S/C15H13N3O2/c16-9-10-7-11(1-3-13(10)17)18-12-2-4-14-15(8-12)20-6-5-19-14/h1-4,7-8,18H,5-6,17H2. The Morgan fingerprint density at radius 3 is 2.50 bits per heavy atom. The Morgan fingerprint density at radius 1 is 1.00 bits per heavy atom. The Hall–Kier alpha value is -2.87. The molecule has 2 aromatic rings. The van der Waals surface area contributed by atoms with Gasteiger partial charge in [-0.05, 0) is 30.3 Å². The maximum absolute atomic E-state index is 8.97. The third-order valence-corrected chi connectivity index (χ3v) is 3.00. The van der Waals surface area contributed by atoms with Gasteiger partial charge in [-0.25, -0.2) is 0 Å². The molecule has 1 aliphatic heterocycles. The lowest BCUT2D eigenvalue weighted by Gasteiger charge is -2.19. The molecule has 0 saturated carbocycles. The van der Waals surface area contributed by atoms with Crippen molar-refractivity contribution in [3.63, 3.8) is 0 Å². The zero-order valence-corrected chi connectivity index (χ0v) is 10.7. The predicted octanol–water partition coefficient (Wildman–Crippen LogP) is 2.66. The molecular formula is C15H13N3O2. The highest BCUT2D eigenvalue weighted by atomic mass is 16.6. The van der Waals surface area contributed by atoms with Crippen LogP contribution < -0.4 is 20.5 Å². The summed E-state index contributed by atoms with van der Waals surface area (Å²) in [6.45, 7) is 1.13. The second-order valence-electron chi connectivity index (χ2n) is 4.40. The van der Waals surface area contributed by atoms with Gasteiger partial charge in [-0.1, -0.05) is 0 Å². The average molecular weight is 267 g/mol. The zero-order chi connectivity index (χ0) is 13.9. The minimum Gasteiger partial charge on any atom is -0.486 e. The highest BCUT2D eigenvalue weighted by molar-refractivity contribution is 5.68. The van der Waals surface area contributed by atoms with Gasteiger partial charge in [0.1, 0.15) is 19.3 Å². The van der Waals surface area contributed by atoms with Crippen molar-refractivity contribution in [1.29, 1.82) is 5.26 Å². The largest absolute Gasteiger partial charge is 0.486 e. The molecule has 0 spiro atoms. The third kappa shape index (κ3) is 2.31. The fourth-order valence-corrected chi connectivity index (χ4v) is 2.02. The molecule has 5 nitrogen and oxygen atoms in total. The van der Waals surface area contributed by atoms with Crippen LogP contribution in [0.3, 0.4) is 0 Å². The van der Waals surface area contributed by atoms with Gasteiger partial charge in [0.25, 0.3) is 0 Å². The molecule has 0 atom stereocenters.